The molecule has 0 spiro atoms. The quantitative estimate of drug-likeness (QED) is 0.481. The molecule has 27 valence electrons. The van der Waals surface area contributed by atoms with Crippen molar-refractivity contribution in [3.8, 4) is 0 Å². The number of allylic oxidation sites excluding steroid dienone is 1. The summed E-state index contributed by atoms with van der Waals surface area (Å²) >= 11 is 1.50. The molecule has 3 radical (unpaired) electrons. The fourth-order valence-corrected chi connectivity index (χ4v) is 0. The zero-order valence-corrected chi connectivity index (χ0v) is 6.43. The second kappa shape index (κ2) is 2.76. The molecule has 0 unspecified atom stereocenters. The van der Waals surface area contributed by atoms with Crippen LogP contribution >= 0.6 is 0 Å². The summed E-state index contributed by atoms with van der Waals surface area (Å²) in [6.45, 7) is 4.21. The van der Waals surface area contributed by atoms with Crippen molar-refractivity contribution < 1.29 is 0 Å². The average Bonchev–Trinajstić information content (AvgIpc) is 1.38. The Morgan fingerprint density at radius 3 is 1.80 bits per heavy atom. The van der Waals surface area contributed by atoms with Crippen molar-refractivity contribution in [1.82, 2.24) is 0 Å². The van der Waals surface area contributed by atoms with Crippen molar-refractivity contribution in [2.75, 3.05) is 0 Å². The summed E-state index contributed by atoms with van der Waals surface area (Å²) in [7, 11) is 0. The molecule has 0 fully saturated rings. The molecule has 0 amide bonds. The first-order valence-corrected chi connectivity index (χ1v) is 3.23. The van der Waals surface area contributed by atoms with E-state index in [1.54, 1.807) is 0 Å². The van der Waals surface area contributed by atoms with Gasteiger partial charge in [0.05, 0.1) is 0 Å². The Balaban J connectivity index is 3.14. The minimum absolute atomic E-state index is 1.42. The fraction of sp³-hybridized carbons (Fsp3) is 0.500. The van der Waals surface area contributed by atoms with E-state index >= 15 is 0 Å². The molecule has 0 saturated carbocycles. The van der Waals surface area contributed by atoms with Gasteiger partial charge in [-0.05, 0) is 0 Å². The summed E-state index contributed by atoms with van der Waals surface area (Å²) in [4.78, 5) is 0. The van der Waals surface area contributed by atoms with Crippen molar-refractivity contribution >= 4 is 22.5 Å². The third kappa shape index (κ3) is 4.54. The summed E-state index contributed by atoms with van der Waals surface area (Å²) in [6, 6.07) is 0. The molecule has 0 aliphatic carbocycles. The first-order valence-electron chi connectivity index (χ1n) is 1.58. The molecule has 0 aliphatic rings. The molecule has 0 N–H and O–H groups in total. The monoisotopic (exact) mass is 175 g/mol. The third-order valence-corrected chi connectivity index (χ3v) is 1.94. The van der Waals surface area contributed by atoms with Crippen LogP contribution < -0.4 is 0 Å². The molecule has 1 heteroatoms. The van der Waals surface area contributed by atoms with Crippen molar-refractivity contribution in [2.24, 2.45) is 0 Å². The van der Waals surface area contributed by atoms with E-state index in [0.717, 1.165) is 0 Å². The minimum atomic E-state index is 1.42. The van der Waals surface area contributed by atoms with E-state index < -0.39 is 0 Å². The first-order chi connectivity index (χ1) is 2.27. The first kappa shape index (κ1) is 5.54. The van der Waals surface area contributed by atoms with Crippen molar-refractivity contribution in [1.29, 1.82) is 0 Å². The molecule has 0 atom stereocenters. The Hall–Kier alpha value is 0.539. The maximum absolute atomic E-state index is 2.17. The van der Waals surface area contributed by atoms with Gasteiger partial charge in [-0.15, -0.1) is 0 Å². The van der Waals surface area contributed by atoms with Crippen LogP contribution in [0.3, 0.4) is 0 Å². The van der Waals surface area contributed by atoms with E-state index in [0.29, 0.717) is 0 Å². The van der Waals surface area contributed by atoms with E-state index in [1.807, 2.05) is 0 Å². The molecule has 0 saturated heterocycles. The van der Waals surface area contributed by atoms with Gasteiger partial charge in [-0.3, -0.25) is 0 Å². The van der Waals surface area contributed by atoms with Gasteiger partial charge in [0.25, 0.3) is 0 Å². The summed E-state index contributed by atoms with van der Waals surface area (Å²) in [5.74, 6) is 0. The molecule has 0 aromatic carbocycles. The molecule has 0 aromatic rings. The van der Waals surface area contributed by atoms with E-state index in [9.17, 15) is 0 Å². The van der Waals surface area contributed by atoms with Gasteiger partial charge in [-0.2, -0.15) is 0 Å². The average molecular weight is 174 g/mol. The zero-order chi connectivity index (χ0) is 4.28. The van der Waals surface area contributed by atoms with E-state index in [1.165, 1.54) is 28.1 Å². The normalized spacial score (nSPS) is 7.00. The van der Waals surface area contributed by atoms with Crippen LogP contribution in [0.5, 0.6) is 0 Å². The van der Waals surface area contributed by atoms with Crippen LogP contribution in [0.2, 0.25) is 0 Å². The predicted molar refractivity (Wildman–Crippen MR) is 25.2 cm³/mol. The van der Waals surface area contributed by atoms with Crippen LogP contribution in [-0.4, -0.2) is 22.5 Å². The van der Waals surface area contributed by atoms with Crippen LogP contribution in [0.15, 0.2) is 9.67 Å². The Kier molecular flexibility index (Phi) is 3.06. The van der Waals surface area contributed by atoms with E-state index in [2.05, 4.69) is 17.9 Å². The summed E-state index contributed by atoms with van der Waals surface area (Å²) in [5.41, 5.74) is 1.42. The van der Waals surface area contributed by atoms with E-state index in [-0.39, 0.29) is 0 Å². The van der Waals surface area contributed by atoms with Crippen LogP contribution in [0.1, 0.15) is 13.8 Å². The van der Waals surface area contributed by atoms with Crippen molar-refractivity contribution in [3.63, 3.8) is 0 Å². The molecule has 0 heterocycles. The summed E-state index contributed by atoms with van der Waals surface area (Å²) in [6.07, 6.45) is 0. The Bertz CT molecular complexity index is 41.6. The molecule has 5 heavy (non-hydrogen) atoms. The second-order valence-corrected chi connectivity index (χ2v) is 2.05. The van der Waals surface area contributed by atoms with Gasteiger partial charge in [0.15, 0.2) is 0 Å². The zero-order valence-electron chi connectivity index (χ0n) is 3.58. The number of hydrogen-bond donors (Lipinski definition) is 0. The number of rotatable bonds is 0. The third-order valence-electron chi connectivity index (χ3n) is 0.289. The van der Waals surface area contributed by atoms with Gasteiger partial charge in [-0.1, -0.05) is 0 Å². The van der Waals surface area contributed by atoms with Gasteiger partial charge in [0.2, 0.25) is 0 Å². The molecular formula is C4H7Sn. The van der Waals surface area contributed by atoms with Crippen LogP contribution in [-0.2, 0) is 0 Å². The number of hydrogen-bond acceptors (Lipinski definition) is 0. The van der Waals surface area contributed by atoms with Gasteiger partial charge < -0.3 is 0 Å². The molecule has 0 rings (SSSR count). The maximum atomic E-state index is 2.17. The van der Waals surface area contributed by atoms with Crippen LogP contribution in [0, 0.1) is 0 Å². The molecule has 0 aliphatic heterocycles. The predicted octanol–water partition coefficient (Wildman–Crippen LogP) is 1.08. The Labute approximate surface area is 46.4 Å². The van der Waals surface area contributed by atoms with Gasteiger partial charge >= 0.3 is 46.0 Å². The fourth-order valence-electron chi connectivity index (χ4n) is 0. The van der Waals surface area contributed by atoms with Gasteiger partial charge in [0, 0.05) is 0 Å². The van der Waals surface area contributed by atoms with Gasteiger partial charge in [0.1, 0.15) is 0 Å². The molecule has 0 bridgehead atoms. The standard InChI is InChI=1S/C4H7.Sn/c1-4(2)3;/h1H,2-3H3;. The van der Waals surface area contributed by atoms with Crippen LogP contribution in [0.25, 0.3) is 0 Å². The Morgan fingerprint density at radius 2 is 1.80 bits per heavy atom. The van der Waals surface area contributed by atoms with E-state index in [4.69, 9.17) is 0 Å². The topological polar surface area (TPSA) is 0 Å². The Morgan fingerprint density at radius 1 is 1.60 bits per heavy atom. The molecular weight excluding hydrogens is 167 g/mol. The second-order valence-electron chi connectivity index (χ2n) is 1.22. The van der Waals surface area contributed by atoms with Crippen LogP contribution in [0.4, 0.5) is 0 Å². The SMILES string of the molecule is CC(C)=[CH][Sn]. The van der Waals surface area contributed by atoms with Gasteiger partial charge in [-0.25, -0.2) is 0 Å². The molecule has 0 aromatic heterocycles. The summed E-state index contributed by atoms with van der Waals surface area (Å²) in [5, 5.41) is 0. The summed E-state index contributed by atoms with van der Waals surface area (Å²) < 4.78 is 2.17. The van der Waals surface area contributed by atoms with Crippen molar-refractivity contribution in [3.05, 3.63) is 9.67 Å². The molecule has 0 nitrogen and oxygen atoms in total. The van der Waals surface area contributed by atoms with Crippen molar-refractivity contribution in [2.45, 2.75) is 13.8 Å².